The highest BCUT2D eigenvalue weighted by Gasteiger charge is 2.22. The molecule has 1 heterocycles. The van der Waals surface area contributed by atoms with Gasteiger partial charge in [-0.05, 0) is 26.3 Å². The van der Waals surface area contributed by atoms with Crippen molar-refractivity contribution >= 4 is 0 Å². The van der Waals surface area contributed by atoms with Gasteiger partial charge in [0.2, 0.25) is 0 Å². The van der Waals surface area contributed by atoms with Gasteiger partial charge in [-0.25, -0.2) is 0 Å². The molecule has 1 atom stereocenters. The first kappa shape index (κ1) is 8.38. The summed E-state index contributed by atoms with van der Waals surface area (Å²) in [7, 11) is 0. The molecule has 0 fully saturated rings. The summed E-state index contributed by atoms with van der Waals surface area (Å²) in [4.78, 5) is 2.25. The number of rotatable bonds is 1. The molecule has 0 aromatic heterocycles. The van der Waals surface area contributed by atoms with Crippen molar-refractivity contribution in [2.45, 2.75) is 33.7 Å². The second-order valence-corrected chi connectivity index (χ2v) is 3.59. The summed E-state index contributed by atoms with van der Waals surface area (Å²) in [6.45, 7) is 12.8. The van der Waals surface area contributed by atoms with Gasteiger partial charge in [0.15, 0.2) is 0 Å². The molecular formula is C10H17N. The topological polar surface area (TPSA) is 3.24 Å². The Morgan fingerprint density at radius 2 is 2.09 bits per heavy atom. The average Bonchev–Trinajstić information content (AvgIpc) is 2.17. The van der Waals surface area contributed by atoms with Crippen LogP contribution in [0.2, 0.25) is 0 Å². The van der Waals surface area contributed by atoms with Crippen LogP contribution in [0, 0.1) is 5.92 Å². The van der Waals surface area contributed by atoms with Gasteiger partial charge in [0, 0.05) is 23.9 Å². The molecule has 1 rings (SSSR count). The van der Waals surface area contributed by atoms with Crippen LogP contribution >= 0.6 is 0 Å². The number of nitrogens with zero attached hydrogens (tertiary/aromatic N) is 1. The Kier molecular flexibility index (Phi) is 2.08. The highest BCUT2D eigenvalue weighted by atomic mass is 15.2. The van der Waals surface area contributed by atoms with E-state index in [2.05, 4.69) is 45.4 Å². The van der Waals surface area contributed by atoms with Gasteiger partial charge in [-0.15, -0.1) is 0 Å². The van der Waals surface area contributed by atoms with E-state index in [1.807, 2.05) is 0 Å². The number of hydrogen-bond acceptors (Lipinski definition) is 1. The molecule has 0 saturated carbocycles. The van der Waals surface area contributed by atoms with Crippen LogP contribution in [0.1, 0.15) is 27.7 Å². The Morgan fingerprint density at radius 1 is 1.55 bits per heavy atom. The number of hydrogen-bond donors (Lipinski definition) is 0. The van der Waals surface area contributed by atoms with Crippen molar-refractivity contribution in [3.63, 3.8) is 0 Å². The molecular weight excluding hydrogens is 134 g/mol. The average molecular weight is 151 g/mol. The largest absolute Gasteiger partial charge is 0.349 e. The van der Waals surface area contributed by atoms with Gasteiger partial charge in [-0.3, -0.25) is 0 Å². The molecule has 0 aromatic carbocycles. The zero-order chi connectivity index (χ0) is 8.59. The van der Waals surface area contributed by atoms with Gasteiger partial charge in [0.1, 0.15) is 0 Å². The van der Waals surface area contributed by atoms with E-state index < -0.39 is 0 Å². The van der Waals surface area contributed by atoms with Crippen molar-refractivity contribution in [2.24, 2.45) is 5.92 Å². The molecule has 0 bridgehead atoms. The number of allylic oxidation sites excluding steroid dienone is 1. The first-order valence-electron chi connectivity index (χ1n) is 4.19. The van der Waals surface area contributed by atoms with Gasteiger partial charge in [0.05, 0.1) is 0 Å². The van der Waals surface area contributed by atoms with E-state index in [0.29, 0.717) is 12.0 Å². The second-order valence-electron chi connectivity index (χ2n) is 3.59. The molecule has 1 aliphatic heterocycles. The third-order valence-corrected chi connectivity index (χ3v) is 2.41. The Bertz CT molecular complexity index is 201. The van der Waals surface area contributed by atoms with Crippen molar-refractivity contribution < 1.29 is 0 Å². The smallest absolute Gasteiger partial charge is 0.0276 e. The summed E-state index contributed by atoms with van der Waals surface area (Å²) in [5, 5.41) is 0. The van der Waals surface area contributed by atoms with Gasteiger partial charge in [-0.2, -0.15) is 0 Å². The summed E-state index contributed by atoms with van der Waals surface area (Å²) in [6, 6.07) is 0.544. The van der Waals surface area contributed by atoms with Crippen LogP contribution < -0.4 is 0 Å². The van der Waals surface area contributed by atoms with Crippen LogP contribution in [0.15, 0.2) is 24.0 Å². The minimum Gasteiger partial charge on any atom is -0.349 e. The SMILES string of the molecule is C=C1[C@@H](C)C(C)=CN1C(C)C. The minimum atomic E-state index is 0.539. The maximum absolute atomic E-state index is 4.06. The quantitative estimate of drug-likeness (QED) is 0.557. The van der Waals surface area contributed by atoms with Crippen molar-refractivity contribution in [3.05, 3.63) is 24.0 Å². The molecule has 1 nitrogen and oxygen atoms in total. The molecule has 11 heavy (non-hydrogen) atoms. The van der Waals surface area contributed by atoms with E-state index in [0.717, 1.165) is 0 Å². The van der Waals surface area contributed by atoms with Crippen LogP contribution in [0.25, 0.3) is 0 Å². The fourth-order valence-corrected chi connectivity index (χ4v) is 1.38. The minimum absolute atomic E-state index is 0.539. The monoisotopic (exact) mass is 151 g/mol. The van der Waals surface area contributed by atoms with Crippen molar-refractivity contribution in [1.82, 2.24) is 4.90 Å². The zero-order valence-electron chi connectivity index (χ0n) is 7.89. The Balaban J connectivity index is 2.81. The summed E-state index contributed by atoms with van der Waals surface area (Å²) in [5.74, 6) is 0.539. The predicted octanol–water partition coefficient (Wildman–Crippen LogP) is 2.76. The van der Waals surface area contributed by atoms with Gasteiger partial charge in [-0.1, -0.05) is 13.5 Å². The van der Waals surface area contributed by atoms with Gasteiger partial charge in [0.25, 0.3) is 0 Å². The van der Waals surface area contributed by atoms with E-state index in [1.54, 1.807) is 0 Å². The van der Waals surface area contributed by atoms with Crippen LogP contribution in [0.5, 0.6) is 0 Å². The van der Waals surface area contributed by atoms with Crippen molar-refractivity contribution in [2.75, 3.05) is 0 Å². The van der Waals surface area contributed by atoms with Crippen molar-refractivity contribution in [1.29, 1.82) is 0 Å². The summed E-state index contributed by atoms with van der Waals surface area (Å²) < 4.78 is 0. The molecule has 0 aromatic rings. The van der Waals surface area contributed by atoms with E-state index in [-0.39, 0.29) is 0 Å². The Labute approximate surface area is 69.4 Å². The summed E-state index contributed by atoms with van der Waals surface area (Å²) >= 11 is 0. The lowest BCUT2D eigenvalue weighted by atomic mass is 10.0. The fourth-order valence-electron chi connectivity index (χ4n) is 1.38. The zero-order valence-corrected chi connectivity index (χ0v) is 7.89. The normalized spacial score (nSPS) is 24.8. The molecule has 0 radical (unpaired) electrons. The Hall–Kier alpha value is -0.720. The third-order valence-electron chi connectivity index (χ3n) is 2.41. The van der Waals surface area contributed by atoms with Gasteiger partial charge < -0.3 is 4.90 Å². The van der Waals surface area contributed by atoms with Gasteiger partial charge >= 0.3 is 0 Å². The molecule has 62 valence electrons. The first-order valence-corrected chi connectivity index (χ1v) is 4.19. The standard InChI is InChI=1S/C10H17N/c1-7(2)11-6-8(3)9(4)10(11)5/h6-7,9H,5H2,1-4H3/t9-/m0/s1. The van der Waals surface area contributed by atoms with E-state index in [9.17, 15) is 0 Å². The lowest BCUT2D eigenvalue weighted by molar-refractivity contribution is 0.382. The Morgan fingerprint density at radius 3 is 2.27 bits per heavy atom. The van der Waals surface area contributed by atoms with E-state index in [1.165, 1.54) is 11.3 Å². The molecule has 0 spiro atoms. The highest BCUT2D eigenvalue weighted by molar-refractivity contribution is 5.25. The van der Waals surface area contributed by atoms with E-state index >= 15 is 0 Å². The molecule has 0 N–H and O–H groups in total. The van der Waals surface area contributed by atoms with Crippen LogP contribution in [0.3, 0.4) is 0 Å². The molecule has 0 amide bonds. The molecule has 1 heteroatoms. The first-order chi connectivity index (χ1) is 5.04. The van der Waals surface area contributed by atoms with Crippen LogP contribution in [-0.2, 0) is 0 Å². The second kappa shape index (κ2) is 2.72. The summed E-state index contributed by atoms with van der Waals surface area (Å²) in [6.07, 6.45) is 2.21. The lowest BCUT2D eigenvalue weighted by Crippen LogP contribution is -2.22. The molecule has 0 unspecified atom stereocenters. The van der Waals surface area contributed by atoms with Crippen LogP contribution in [-0.4, -0.2) is 10.9 Å². The maximum atomic E-state index is 4.06. The molecule has 0 aliphatic carbocycles. The van der Waals surface area contributed by atoms with Crippen molar-refractivity contribution in [3.8, 4) is 0 Å². The summed E-state index contributed by atoms with van der Waals surface area (Å²) in [5.41, 5.74) is 2.65. The molecule has 1 aliphatic rings. The molecule has 0 saturated heterocycles. The predicted molar refractivity (Wildman–Crippen MR) is 49.0 cm³/mol. The lowest BCUT2D eigenvalue weighted by Gasteiger charge is -2.23. The fraction of sp³-hybridized carbons (Fsp3) is 0.600. The highest BCUT2D eigenvalue weighted by Crippen LogP contribution is 2.30. The van der Waals surface area contributed by atoms with E-state index in [4.69, 9.17) is 0 Å². The van der Waals surface area contributed by atoms with Crippen LogP contribution in [0.4, 0.5) is 0 Å². The third kappa shape index (κ3) is 1.32. The maximum Gasteiger partial charge on any atom is 0.0276 e.